The predicted molar refractivity (Wildman–Crippen MR) is 156 cm³/mol. The topological polar surface area (TPSA) is 4.93 Å². The fourth-order valence-corrected chi connectivity index (χ4v) is 4.34. The van der Waals surface area contributed by atoms with Crippen LogP contribution in [0.15, 0.2) is 36.4 Å². The second-order valence-electron chi connectivity index (χ2n) is 8.16. The van der Waals surface area contributed by atoms with Gasteiger partial charge in [0.2, 0.25) is 0 Å². The van der Waals surface area contributed by atoms with Crippen LogP contribution >= 0.6 is 0 Å². The summed E-state index contributed by atoms with van der Waals surface area (Å²) in [6, 6.07) is 12.9. The van der Waals surface area contributed by atoms with Crippen LogP contribution in [0.1, 0.15) is 38.8 Å². The van der Waals surface area contributed by atoms with Crippen LogP contribution in [-0.2, 0) is 0 Å². The summed E-state index contributed by atoms with van der Waals surface area (Å²) in [5.74, 6) is 0. The van der Waals surface area contributed by atoms with Crippen LogP contribution in [0.4, 0.5) is 0 Å². The van der Waals surface area contributed by atoms with Gasteiger partial charge < -0.3 is 4.57 Å². The van der Waals surface area contributed by atoms with Gasteiger partial charge in [-0.15, -0.1) is 16.4 Å². The second kappa shape index (κ2) is 10.3. The number of fused-ring (bicyclic) bond motifs is 1. The van der Waals surface area contributed by atoms with E-state index < -0.39 is 0 Å². The number of aryl methyl sites for hydroxylation is 2. The molecule has 6 heteroatoms. The van der Waals surface area contributed by atoms with Crippen molar-refractivity contribution in [3.05, 3.63) is 58.1 Å². The molecule has 0 unspecified atom stereocenters. The summed E-state index contributed by atoms with van der Waals surface area (Å²) in [7, 11) is 31.2. The molecule has 0 N–H and O–H groups in total. The van der Waals surface area contributed by atoms with Crippen molar-refractivity contribution in [2.45, 2.75) is 41.5 Å². The Bertz CT molecular complexity index is 1480. The number of benzene rings is 3. The maximum absolute atomic E-state index is 6.42. The summed E-state index contributed by atoms with van der Waals surface area (Å²) in [5.41, 5.74) is 7.68. The Hall–Kier alpha value is -2.74. The second-order valence-corrected chi connectivity index (χ2v) is 8.16. The van der Waals surface area contributed by atoms with E-state index >= 15 is 0 Å². The Morgan fingerprint density at radius 1 is 0.647 bits per heavy atom. The summed E-state index contributed by atoms with van der Waals surface area (Å²) < 4.78 is 2.02. The largest absolute Gasteiger partial charge is 0.311 e. The first kappa shape index (κ1) is 25.9. The fourth-order valence-electron chi connectivity index (χ4n) is 4.34. The lowest BCUT2D eigenvalue weighted by Gasteiger charge is -2.23. The van der Waals surface area contributed by atoms with Gasteiger partial charge in [-0.1, -0.05) is 61.2 Å². The number of rotatable bonds is 2. The Morgan fingerprint density at radius 3 is 1.71 bits per heavy atom. The molecule has 0 aliphatic heterocycles. The number of hydrogen-bond donors (Lipinski definition) is 0. The molecular formula is C28H26B5N. The van der Waals surface area contributed by atoms with Crippen molar-refractivity contribution < 1.29 is 0 Å². The highest BCUT2D eigenvalue weighted by atomic mass is 15.0. The molecule has 0 saturated carbocycles. The van der Waals surface area contributed by atoms with Gasteiger partial charge in [-0.05, 0) is 62.1 Å². The third kappa shape index (κ3) is 4.13. The smallest absolute Gasteiger partial charge is 0.115 e. The van der Waals surface area contributed by atoms with Crippen molar-refractivity contribution >= 4 is 89.6 Å². The molecule has 1 nitrogen and oxygen atoms in total. The van der Waals surface area contributed by atoms with Gasteiger partial charge in [-0.3, -0.25) is 0 Å². The van der Waals surface area contributed by atoms with Gasteiger partial charge in [0.15, 0.2) is 0 Å². The summed E-state index contributed by atoms with van der Waals surface area (Å²) in [6.45, 7) is 12.3. The van der Waals surface area contributed by atoms with Gasteiger partial charge >= 0.3 is 0 Å². The lowest BCUT2D eigenvalue weighted by molar-refractivity contribution is 1.09. The summed E-state index contributed by atoms with van der Waals surface area (Å²) in [6.07, 6.45) is 4.13. The van der Waals surface area contributed by atoms with Crippen LogP contribution in [-0.4, -0.2) is 43.8 Å². The van der Waals surface area contributed by atoms with E-state index in [0.717, 1.165) is 27.0 Å². The van der Waals surface area contributed by atoms with Gasteiger partial charge in [0, 0.05) is 21.6 Å². The first-order chi connectivity index (χ1) is 16.2. The van der Waals surface area contributed by atoms with Crippen LogP contribution in [0, 0.1) is 13.8 Å². The van der Waals surface area contributed by atoms with E-state index in [-0.39, 0.29) is 16.4 Å². The van der Waals surface area contributed by atoms with Crippen molar-refractivity contribution in [1.29, 1.82) is 0 Å². The van der Waals surface area contributed by atoms with E-state index in [1.807, 2.05) is 38.3 Å². The molecule has 1 heterocycles. The molecule has 0 atom stereocenters. The third-order valence-electron chi connectivity index (χ3n) is 6.34. The molecule has 0 saturated heterocycles. The fraction of sp³-hybridized carbons (Fsp3) is 0.214. The molecule has 0 amide bonds. The molecule has 3 aromatic carbocycles. The maximum atomic E-state index is 6.42. The van der Waals surface area contributed by atoms with Crippen LogP contribution in [0.3, 0.4) is 0 Å². The van der Waals surface area contributed by atoms with Crippen LogP contribution < -0.4 is 37.9 Å². The van der Waals surface area contributed by atoms with Crippen molar-refractivity contribution in [2.24, 2.45) is 0 Å². The van der Waals surface area contributed by atoms with Crippen molar-refractivity contribution in [3.8, 4) is 16.8 Å². The Balaban J connectivity index is 0.00000158. The minimum absolute atomic E-state index is 0.210. The number of hydrogen-bond acceptors (Lipinski definition) is 0. The molecule has 34 heavy (non-hydrogen) atoms. The van der Waals surface area contributed by atoms with E-state index in [4.69, 9.17) is 39.2 Å². The maximum Gasteiger partial charge on any atom is 0.115 e. The zero-order chi connectivity index (χ0) is 25.3. The summed E-state index contributed by atoms with van der Waals surface area (Å²) in [5, 5.41) is 3.13. The highest BCUT2D eigenvalue weighted by Gasteiger charge is 2.16. The zero-order valence-electron chi connectivity index (χ0n) is 21.0. The normalized spacial score (nSPS) is 12.2. The molecule has 158 valence electrons. The van der Waals surface area contributed by atoms with E-state index in [2.05, 4.69) is 56.3 Å². The molecule has 1 aromatic heterocycles. The first-order valence-electron chi connectivity index (χ1n) is 11.6. The molecule has 0 spiro atoms. The molecule has 0 fully saturated rings. The van der Waals surface area contributed by atoms with E-state index in [0.29, 0.717) is 16.6 Å². The third-order valence-corrected chi connectivity index (χ3v) is 6.34. The predicted octanol–water partition coefficient (Wildman–Crippen LogP) is 0.510. The molecule has 4 aromatic rings. The lowest BCUT2D eigenvalue weighted by Crippen LogP contribution is -2.57. The average Bonchev–Trinajstić information content (AvgIpc) is 3.17. The van der Waals surface area contributed by atoms with Crippen molar-refractivity contribution in [2.75, 3.05) is 0 Å². The Labute approximate surface area is 210 Å². The molecule has 0 bridgehead atoms. The van der Waals surface area contributed by atoms with E-state index in [9.17, 15) is 0 Å². The minimum atomic E-state index is 0.210. The number of nitrogens with zero attached hydrogens (tertiary/aromatic N) is 1. The SMILES string of the molecule is CC.[B]c1c([B])c([B])c(-n2c(=C/C)/c(=C\C)c3cc(-c4ccc(C)c(C)c4)ccc32)c([B])c1[B]. The van der Waals surface area contributed by atoms with Crippen molar-refractivity contribution in [3.63, 3.8) is 0 Å². The zero-order valence-corrected chi connectivity index (χ0v) is 21.0. The van der Waals surface area contributed by atoms with Gasteiger partial charge in [0.1, 0.15) is 39.2 Å². The van der Waals surface area contributed by atoms with Gasteiger partial charge in [-0.25, -0.2) is 0 Å². The van der Waals surface area contributed by atoms with Crippen LogP contribution in [0.25, 0.3) is 39.9 Å². The van der Waals surface area contributed by atoms with Gasteiger partial charge in [0.05, 0.1) is 5.52 Å². The molecule has 0 aliphatic carbocycles. The monoisotopic (exact) mass is 431 g/mol. The molecule has 4 rings (SSSR count). The highest BCUT2D eigenvalue weighted by Crippen LogP contribution is 2.25. The number of aromatic nitrogens is 1. The quantitative estimate of drug-likeness (QED) is 0.409. The van der Waals surface area contributed by atoms with Crippen LogP contribution in [0.5, 0.6) is 0 Å². The highest BCUT2D eigenvalue weighted by molar-refractivity contribution is 6.68. The van der Waals surface area contributed by atoms with E-state index in [1.165, 1.54) is 16.7 Å². The lowest BCUT2D eigenvalue weighted by atomic mass is 9.61. The first-order valence-corrected chi connectivity index (χ1v) is 11.6. The summed E-state index contributed by atoms with van der Waals surface area (Å²) >= 11 is 0. The van der Waals surface area contributed by atoms with Gasteiger partial charge in [-0.2, -0.15) is 0 Å². The Morgan fingerprint density at radius 2 is 1.18 bits per heavy atom. The Kier molecular flexibility index (Phi) is 7.81. The average molecular weight is 431 g/mol. The van der Waals surface area contributed by atoms with Crippen LogP contribution in [0.2, 0.25) is 0 Å². The minimum Gasteiger partial charge on any atom is -0.311 e. The van der Waals surface area contributed by atoms with Crippen molar-refractivity contribution in [1.82, 2.24) is 4.57 Å². The van der Waals surface area contributed by atoms with E-state index in [1.54, 1.807) is 0 Å². The molecule has 10 radical (unpaired) electrons. The standard InChI is InChI=1S/C26H20B5N.C2H6/c1-5-17-18-12-16(15-8-7-13(3)14(4)11-15)9-10-20(18)32(19(17)6-2)26-24(30)22(28)21(27)23(29)25(26)31;1-2/h5-12H,1-4H3;1-2H3/b17-5-,19-6+;. The van der Waals surface area contributed by atoms with Gasteiger partial charge in [0.25, 0.3) is 0 Å². The molecular weight excluding hydrogens is 404 g/mol. The molecule has 0 aliphatic rings. The summed E-state index contributed by atoms with van der Waals surface area (Å²) in [4.78, 5) is 0.